The molecule has 0 aromatic heterocycles. The molecule has 1 fully saturated rings. The van der Waals surface area contributed by atoms with Crippen LogP contribution >= 0.6 is 0 Å². The Hall–Kier alpha value is -0.770. The summed E-state index contributed by atoms with van der Waals surface area (Å²) >= 11 is 0. The van der Waals surface area contributed by atoms with Gasteiger partial charge in [0.25, 0.3) is 0 Å². The summed E-state index contributed by atoms with van der Waals surface area (Å²) < 4.78 is 5.55. The Labute approximate surface area is 123 Å². The Balaban J connectivity index is 3.01. The van der Waals surface area contributed by atoms with Gasteiger partial charge < -0.3 is 14.7 Å². The van der Waals surface area contributed by atoms with E-state index in [4.69, 9.17) is 4.74 Å². The van der Waals surface area contributed by atoms with Crippen molar-refractivity contribution in [2.75, 3.05) is 13.2 Å². The van der Waals surface area contributed by atoms with Gasteiger partial charge in [-0.25, -0.2) is 4.79 Å². The summed E-state index contributed by atoms with van der Waals surface area (Å²) in [6, 6.07) is 0.0235. The molecule has 0 radical (unpaired) electrons. The number of carbonyl (C=O) groups excluding carboxylic acids is 1. The van der Waals surface area contributed by atoms with Crippen LogP contribution in [0.5, 0.6) is 0 Å². The van der Waals surface area contributed by atoms with E-state index in [1.165, 1.54) is 0 Å². The summed E-state index contributed by atoms with van der Waals surface area (Å²) in [6.45, 7) is 15.1. The highest BCUT2D eigenvalue weighted by Gasteiger charge is 2.47. The minimum Gasteiger partial charge on any atom is -0.444 e. The standard InChI is InChI=1S/C16H31NO3/c1-14(2,3)20-13(19)17-11-15(4,5)10-16(6,7)12(17)8-9-18/h12,18H,8-11H2,1-7H3. The number of hydrogen-bond acceptors (Lipinski definition) is 3. The molecule has 0 aromatic rings. The van der Waals surface area contributed by atoms with Crippen molar-refractivity contribution in [1.82, 2.24) is 4.90 Å². The average Bonchev–Trinajstić information content (AvgIpc) is 2.17. The van der Waals surface area contributed by atoms with E-state index in [0.717, 1.165) is 6.42 Å². The number of ether oxygens (including phenoxy) is 1. The van der Waals surface area contributed by atoms with Gasteiger partial charge in [0.1, 0.15) is 5.60 Å². The van der Waals surface area contributed by atoms with Crippen molar-refractivity contribution < 1.29 is 14.6 Å². The summed E-state index contributed by atoms with van der Waals surface area (Å²) in [5.74, 6) is 0. The fourth-order valence-corrected chi connectivity index (χ4v) is 3.58. The van der Waals surface area contributed by atoms with Crippen LogP contribution in [0.15, 0.2) is 0 Å². The van der Waals surface area contributed by atoms with Crippen LogP contribution in [0.4, 0.5) is 4.79 Å². The summed E-state index contributed by atoms with van der Waals surface area (Å²) in [7, 11) is 0. The zero-order valence-corrected chi connectivity index (χ0v) is 14.1. The predicted molar refractivity (Wildman–Crippen MR) is 80.6 cm³/mol. The minimum absolute atomic E-state index is 0.0235. The van der Waals surface area contributed by atoms with E-state index in [9.17, 15) is 9.90 Å². The van der Waals surface area contributed by atoms with Crippen molar-refractivity contribution in [2.45, 2.75) is 73.0 Å². The molecule has 1 N–H and O–H groups in total. The smallest absolute Gasteiger partial charge is 0.410 e. The van der Waals surface area contributed by atoms with Gasteiger partial charge in [0.15, 0.2) is 0 Å². The van der Waals surface area contributed by atoms with E-state index in [0.29, 0.717) is 13.0 Å². The topological polar surface area (TPSA) is 49.8 Å². The third kappa shape index (κ3) is 4.37. The Morgan fingerprint density at radius 2 is 1.85 bits per heavy atom. The Kier molecular flexibility index (Phi) is 4.79. The third-order valence-electron chi connectivity index (χ3n) is 3.84. The fraction of sp³-hybridized carbons (Fsp3) is 0.938. The molecule has 1 amide bonds. The molecule has 4 nitrogen and oxygen atoms in total. The number of aliphatic hydroxyl groups excluding tert-OH is 1. The number of piperidine rings is 1. The predicted octanol–water partition coefficient (Wildman–Crippen LogP) is 3.43. The molecule has 0 aromatic carbocycles. The van der Waals surface area contributed by atoms with Gasteiger partial charge in [0.05, 0.1) is 0 Å². The summed E-state index contributed by atoms with van der Waals surface area (Å²) in [6.07, 6.45) is 1.36. The molecule has 1 unspecified atom stereocenters. The second-order valence-corrected chi connectivity index (χ2v) is 8.47. The van der Waals surface area contributed by atoms with Crippen LogP contribution in [0.2, 0.25) is 0 Å². The van der Waals surface area contributed by atoms with Crippen molar-refractivity contribution in [3.05, 3.63) is 0 Å². The first-order chi connectivity index (χ1) is 8.88. The molecule has 118 valence electrons. The van der Waals surface area contributed by atoms with E-state index in [2.05, 4.69) is 27.7 Å². The maximum Gasteiger partial charge on any atom is 0.410 e. The van der Waals surface area contributed by atoms with Crippen molar-refractivity contribution in [3.63, 3.8) is 0 Å². The number of hydrogen-bond donors (Lipinski definition) is 1. The largest absolute Gasteiger partial charge is 0.444 e. The van der Waals surface area contributed by atoms with Crippen LogP contribution in [-0.2, 0) is 4.74 Å². The Morgan fingerprint density at radius 1 is 1.30 bits per heavy atom. The first-order valence-electron chi connectivity index (χ1n) is 7.48. The second kappa shape index (κ2) is 5.55. The fourth-order valence-electron chi connectivity index (χ4n) is 3.58. The zero-order chi connectivity index (χ0) is 15.8. The Morgan fingerprint density at radius 3 is 2.30 bits per heavy atom. The summed E-state index contributed by atoms with van der Waals surface area (Å²) in [4.78, 5) is 14.3. The normalized spacial score (nSPS) is 25.4. The molecule has 1 rings (SSSR count). The zero-order valence-electron chi connectivity index (χ0n) is 14.1. The highest BCUT2D eigenvalue weighted by molar-refractivity contribution is 5.69. The van der Waals surface area contributed by atoms with Gasteiger partial charge in [-0.05, 0) is 44.4 Å². The van der Waals surface area contributed by atoms with E-state index >= 15 is 0 Å². The SMILES string of the molecule is CC1(C)CN(C(=O)OC(C)(C)C)C(CCO)C(C)(C)C1. The number of carbonyl (C=O) groups is 1. The molecule has 1 aliphatic rings. The van der Waals surface area contributed by atoms with E-state index in [-0.39, 0.29) is 29.6 Å². The molecule has 1 aliphatic heterocycles. The summed E-state index contributed by atoms with van der Waals surface area (Å²) in [5.41, 5.74) is -0.458. The molecule has 1 atom stereocenters. The monoisotopic (exact) mass is 285 g/mol. The highest BCUT2D eigenvalue weighted by atomic mass is 16.6. The van der Waals surface area contributed by atoms with Gasteiger partial charge in [0.2, 0.25) is 0 Å². The summed E-state index contributed by atoms with van der Waals surface area (Å²) in [5, 5.41) is 9.33. The first kappa shape index (κ1) is 17.3. The molecule has 1 saturated heterocycles. The van der Waals surface area contributed by atoms with Crippen LogP contribution in [-0.4, -0.2) is 40.9 Å². The average molecular weight is 285 g/mol. The molecule has 0 bridgehead atoms. The van der Waals surface area contributed by atoms with Crippen molar-refractivity contribution in [1.29, 1.82) is 0 Å². The molecule has 0 aliphatic carbocycles. The lowest BCUT2D eigenvalue weighted by molar-refractivity contribution is -0.0548. The molecule has 1 heterocycles. The van der Waals surface area contributed by atoms with E-state index in [1.807, 2.05) is 25.7 Å². The molecule has 4 heteroatoms. The Bertz CT molecular complexity index is 355. The van der Waals surface area contributed by atoms with Crippen LogP contribution in [0.25, 0.3) is 0 Å². The maximum absolute atomic E-state index is 12.5. The molecular formula is C16H31NO3. The quantitative estimate of drug-likeness (QED) is 0.845. The number of amides is 1. The van der Waals surface area contributed by atoms with Crippen LogP contribution < -0.4 is 0 Å². The van der Waals surface area contributed by atoms with Crippen LogP contribution in [0, 0.1) is 10.8 Å². The molecular weight excluding hydrogens is 254 g/mol. The van der Waals surface area contributed by atoms with Gasteiger partial charge in [0, 0.05) is 19.2 Å². The van der Waals surface area contributed by atoms with Gasteiger partial charge in [-0.2, -0.15) is 0 Å². The number of nitrogens with zero attached hydrogens (tertiary/aromatic N) is 1. The van der Waals surface area contributed by atoms with Gasteiger partial charge in [-0.15, -0.1) is 0 Å². The van der Waals surface area contributed by atoms with Gasteiger partial charge in [-0.1, -0.05) is 27.7 Å². The molecule has 0 saturated carbocycles. The lowest BCUT2D eigenvalue weighted by atomic mass is 9.66. The first-order valence-corrected chi connectivity index (χ1v) is 7.48. The van der Waals surface area contributed by atoms with Crippen molar-refractivity contribution in [3.8, 4) is 0 Å². The molecule has 0 spiro atoms. The number of likely N-dealkylation sites (tertiary alicyclic amines) is 1. The van der Waals surface area contributed by atoms with Crippen LogP contribution in [0.3, 0.4) is 0 Å². The second-order valence-electron chi connectivity index (χ2n) is 8.47. The minimum atomic E-state index is -0.493. The van der Waals surface area contributed by atoms with E-state index in [1.54, 1.807) is 0 Å². The van der Waals surface area contributed by atoms with Crippen molar-refractivity contribution >= 4 is 6.09 Å². The van der Waals surface area contributed by atoms with Gasteiger partial charge >= 0.3 is 6.09 Å². The number of aliphatic hydroxyl groups is 1. The molecule has 20 heavy (non-hydrogen) atoms. The third-order valence-corrected chi connectivity index (χ3v) is 3.84. The number of rotatable bonds is 2. The maximum atomic E-state index is 12.5. The lowest BCUT2D eigenvalue weighted by Crippen LogP contribution is -2.58. The van der Waals surface area contributed by atoms with Crippen molar-refractivity contribution in [2.24, 2.45) is 10.8 Å². The van der Waals surface area contributed by atoms with Crippen LogP contribution in [0.1, 0.15) is 61.3 Å². The van der Waals surface area contributed by atoms with Gasteiger partial charge in [-0.3, -0.25) is 0 Å². The highest BCUT2D eigenvalue weighted by Crippen LogP contribution is 2.45. The lowest BCUT2D eigenvalue weighted by Gasteiger charge is -2.52. The van der Waals surface area contributed by atoms with E-state index < -0.39 is 5.60 Å².